The monoisotopic (exact) mass is 356 g/mol. The molecule has 4 nitrogen and oxygen atoms in total. The number of benzene rings is 2. The molecular formula is C23H24N4. The van der Waals surface area contributed by atoms with Gasteiger partial charge in [0.25, 0.3) is 0 Å². The van der Waals surface area contributed by atoms with Crippen LogP contribution in [-0.2, 0) is 0 Å². The van der Waals surface area contributed by atoms with Crippen LogP contribution >= 0.6 is 0 Å². The third-order valence-corrected chi connectivity index (χ3v) is 4.81. The molecule has 0 radical (unpaired) electrons. The Labute approximate surface area is 160 Å². The highest BCUT2D eigenvalue weighted by molar-refractivity contribution is 5.80. The van der Waals surface area contributed by atoms with Crippen LogP contribution in [-0.4, -0.2) is 18.1 Å². The molecule has 4 heteroatoms. The molecule has 0 saturated heterocycles. The summed E-state index contributed by atoms with van der Waals surface area (Å²) in [5.74, 6) is 0.262. The van der Waals surface area contributed by atoms with Crippen molar-refractivity contribution in [3.05, 3.63) is 65.7 Å². The van der Waals surface area contributed by atoms with E-state index in [1.54, 1.807) is 0 Å². The van der Waals surface area contributed by atoms with Gasteiger partial charge in [-0.15, -0.1) is 0 Å². The molecule has 3 rings (SSSR count). The van der Waals surface area contributed by atoms with Crippen molar-refractivity contribution in [1.29, 1.82) is 5.26 Å². The maximum Gasteiger partial charge on any atom is 0.142 e. The fourth-order valence-corrected chi connectivity index (χ4v) is 3.22. The van der Waals surface area contributed by atoms with E-state index in [0.29, 0.717) is 5.56 Å². The third kappa shape index (κ3) is 3.78. The Bertz CT molecular complexity index is 963. The van der Waals surface area contributed by atoms with Gasteiger partial charge in [0.2, 0.25) is 0 Å². The van der Waals surface area contributed by atoms with Crippen molar-refractivity contribution in [1.82, 2.24) is 4.98 Å². The van der Waals surface area contributed by atoms with Crippen molar-refractivity contribution in [3.8, 4) is 28.5 Å². The highest BCUT2D eigenvalue weighted by Gasteiger charge is 2.14. The molecule has 0 aliphatic carbocycles. The maximum absolute atomic E-state index is 9.60. The first kappa shape index (κ1) is 18.5. The van der Waals surface area contributed by atoms with Gasteiger partial charge in [-0.2, -0.15) is 5.26 Å². The molecule has 0 fully saturated rings. The van der Waals surface area contributed by atoms with E-state index in [4.69, 9.17) is 5.73 Å². The summed E-state index contributed by atoms with van der Waals surface area (Å²) in [7, 11) is 0. The highest BCUT2D eigenvalue weighted by Crippen LogP contribution is 2.32. The van der Waals surface area contributed by atoms with Crippen molar-refractivity contribution >= 4 is 11.5 Å². The summed E-state index contributed by atoms with van der Waals surface area (Å²) in [4.78, 5) is 6.73. The van der Waals surface area contributed by atoms with Crippen LogP contribution in [0.1, 0.15) is 25.0 Å². The van der Waals surface area contributed by atoms with E-state index in [1.807, 2.05) is 49.4 Å². The minimum absolute atomic E-state index is 0.262. The van der Waals surface area contributed by atoms with Crippen LogP contribution in [0.3, 0.4) is 0 Å². The summed E-state index contributed by atoms with van der Waals surface area (Å²) in [6.45, 7) is 8.25. The zero-order valence-electron chi connectivity index (χ0n) is 16.0. The topological polar surface area (TPSA) is 65.9 Å². The minimum atomic E-state index is 0.262. The molecule has 0 saturated carbocycles. The third-order valence-electron chi connectivity index (χ3n) is 4.81. The lowest BCUT2D eigenvalue weighted by Crippen LogP contribution is -2.21. The highest BCUT2D eigenvalue weighted by atomic mass is 15.1. The molecule has 0 spiro atoms. The lowest BCUT2D eigenvalue weighted by atomic mass is 9.98. The Hall–Kier alpha value is -3.32. The lowest BCUT2D eigenvalue weighted by molar-refractivity contribution is 0.866. The molecular weight excluding hydrogens is 332 g/mol. The molecule has 1 aromatic heterocycles. The molecule has 27 heavy (non-hydrogen) atoms. The number of hydrogen-bond donors (Lipinski definition) is 1. The first-order valence-corrected chi connectivity index (χ1v) is 9.20. The Morgan fingerprint density at radius 2 is 1.56 bits per heavy atom. The Kier molecular flexibility index (Phi) is 5.42. The van der Waals surface area contributed by atoms with Gasteiger partial charge in [0.15, 0.2) is 0 Å². The molecule has 136 valence electrons. The van der Waals surface area contributed by atoms with Crippen LogP contribution < -0.4 is 10.6 Å². The molecule has 1 heterocycles. The lowest BCUT2D eigenvalue weighted by Gasteiger charge is -2.21. The van der Waals surface area contributed by atoms with Gasteiger partial charge in [-0.1, -0.05) is 42.0 Å². The van der Waals surface area contributed by atoms with Crippen molar-refractivity contribution in [2.75, 3.05) is 23.7 Å². The summed E-state index contributed by atoms with van der Waals surface area (Å²) in [6, 6.07) is 20.6. The maximum atomic E-state index is 9.60. The number of nitrogens with zero attached hydrogens (tertiary/aromatic N) is 3. The molecule has 0 aliphatic rings. The van der Waals surface area contributed by atoms with Gasteiger partial charge in [0.05, 0.1) is 5.69 Å². The second kappa shape index (κ2) is 7.92. The zero-order chi connectivity index (χ0) is 19.4. The van der Waals surface area contributed by atoms with E-state index in [-0.39, 0.29) is 5.82 Å². The van der Waals surface area contributed by atoms with E-state index >= 15 is 0 Å². The molecule has 0 unspecified atom stereocenters. The molecule has 2 N–H and O–H groups in total. The van der Waals surface area contributed by atoms with Gasteiger partial charge in [0.1, 0.15) is 17.5 Å². The van der Waals surface area contributed by atoms with Crippen molar-refractivity contribution in [3.63, 3.8) is 0 Å². The number of nitrogen functional groups attached to an aromatic ring is 1. The number of pyridine rings is 1. The van der Waals surface area contributed by atoms with E-state index in [1.165, 1.54) is 11.3 Å². The molecule has 0 bridgehead atoms. The van der Waals surface area contributed by atoms with Gasteiger partial charge in [-0.25, -0.2) is 4.98 Å². The molecule has 3 aromatic rings. The summed E-state index contributed by atoms with van der Waals surface area (Å²) in [5.41, 5.74) is 12.4. The van der Waals surface area contributed by atoms with Crippen molar-refractivity contribution in [2.24, 2.45) is 0 Å². The fraction of sp³-hybridized carbons (Fsp3) is 0.217. The van der Waals surface area contributed by atoms with E-state index < -0.39 is 0 Å². The Balaban J connectivity index is 2.08. The molecule has 0 aliphatic heterocycles. The second-order valence-corrected chi connectivity index (χ2v) is 6.51. The largest absolute Gasteiger partial charge is 0.383 e. The quantitative estimate of drug-likeness (QED) is 0.697. The number of rotatable bonds is 5. The van der Waals surface area contributed by atoms with Crippen LogP contribution in [0.4, 0.5) is 11.5 Å². The van der Waals surface area contributed by atoms with Gasteiger partial charge in [0, 0.05) is 29.9 Å². The number of aryl methyl sites for hydroxylation is 1. The summed E-state index contributed by atoms with van der Waals surface area (Å²) < 4.78 is 0. The van der Waals surface area contributed by atoms with Crippen LogP contribution in [0.25, 0.3) is 22.4 Å². The van der Waals surface area contributed by atoms with Crippen LogP contribution in [0.15, 0.2) is 54.6 Å². The van der Waals surface area contributed by atoms with Gasteiger partial charge >= 0.3 is 0 Å². The molecule has 0 atom stereocenters. The predicted molar refractivity (Wildman–Crippen MR) is 113 cm³/mol. The first-order chi connectivity index (χ1) is 13.1. The van der Waals surface area contributed by atoms with E-state index in [2.05, 4.69) is 41.9 Å². The summed E-state index contributed by atoms with van der Waals surface area (Å²) in [5, 5.41) is 9.60. The smallest absolute Gasteiger partial charge is 0.142 e. The average Bonchev–Trinajstić information content (AvgIpc) is 2.69. The Morgan fingerprint density at radius 1 is 0.963 bits per heavy atom. The van der Waals surface area contributed by atoms with Gasteiger partial charge < -0.3 is 10.6 Å². The molecule has 0 amide bonds. The summed E-state index contributed by atoms with van der Waals surface area (Å²) in [6.07, 6.45) is 0. The van der Waals surface area contributed by atoms with E-state index in [9.17, 15) is 5.26 Å². The standard InChI is InChI=1S/C23H24N4/c1-4-27(5-2)19-12-10-17(11-13-19)20-14-22(26-23(25)21(20)15-24)18-8-6-16(3)7-9-18/h6-14H,4-5H2,1-3H3,(H2,25,26). The SMILES string of the molecule is CCN(CC)c1ccc(-c2cc(-c3ccc(C)cc3)nc(N)c2C#N)cc1. The summed E-state index contributed by atoms with van der Waals surface area (Å²) >= 11 is 0. The Morgan fingerprint density at radius 3 is 2.11 bits per heavy atom. The fourth-order valence-electron chi connectivity index (χ4n) is 3.22. The van der Waals surface area contributed by atoms with Gasteiger partial charge in [-0.3, -0.25) is 0 Å². The first-order valence-electron chi connectivity index (χ1n) is 9.20. The minimum Gasteiger partial charge on any atom is -0.383 e. The van der Waals surface area contributed by atoms with E-state index in [0.717, 1.165) is 35.5 Å². The van der Waals surface area contributed by atoms with Crippen LogP contribution in [0.2, 0.25) is 0 Å². The number of hydrogen-bond acceptors (Lipinski definition) is 4. The number of nitrogens with two attached hydrogens (primary N) is 1. The normalized spacial score (nSPS) is 10.4. The second-order valence-electron chi connectivity index (χ2n) is 6.51. The average molecular weight is 356 g/mol. The van der Waals surface area contributed by atoms with Crippen molar-refractivity contribution < 1.29 is 0 Å². The number of anilines is 2. The van der Waals surface area contributed by atoms with Gasteiger partial charge in [-0.05, 0) is 44.5 Å². The van der Waals surface area contributed by atoms with Crippen LogP contribution in [0, 0.1) is 18.3 Å². The van der Waals surface area contributed by atoms with Crippen molar-refractivity contribution in [2.45, 2.75) is 20.8 Å². The molecule has 2 aromatic carbocycles. The number of nitriles is 1. The zero-order valence-corrected chi connectivity index (χ0v) is 16.0. The van der Waals surface area contributed by atoms with Crippen LogP contribution in [0.5, 0.6) is 0 Å². The predicted octanol–water partition coefficient (Wildman–Crippen LogP) is 5.02. The number of aromatic nitrogens is 1.